The van der Waals surface area contributed by atoms with E-state index < -0.39 is 12.9 Å². The highest BCUT2D eigenvalue weighted by molar-refractivity contribution is 6.68. The topological polar surface area (TPSA) is 58.9 Å². The van der Waals surface area contributed by atoms with Gasteiger partial charge < -0.3 is 19.2 Å². The van der Waals surface area contributed by atoms with Gasteiger partial charge in [0.05, 0.1) is 0 Å². The van der Waals surface area contributed by atoms with Gasteiger partial charge in [0.1, 0.15) is 5.82 Å². The van der Waals surface area contributed by atoms with Crippen molar-refractivity contribution in [2.45, 2.75) is 0 Å². The van der Waals surface area contributed by atoms with Gasteiger partial charge in [-0.1, -0.05) is 12.1 Å². The normalized spacial score (nSPS) is 9.64. The molecule has 0 aliphatic heterocycles. The van der Waals surface area contributed by atoms with Crippen LogP contribution in [0.15, 0.2) is 24.3 Å². The third kappa shape index (κ3) is 3.15. The molecule has 1 aromatic carbocycles. The maximum absolute atomic E-state index is 12.5. The summed E-state index contributed by atoms with van der Waals surface area (Å²) in [7, 11) is -0.139. The molecule has 8 heteroatoms. The van der Waals surface area contributed by atoms with Crippen LogP contribution >= 0.6 is 0 Å². The van der Waals surface area contributed by atoms with Crippen LogP contribution in [0.5, 0.6) is 0 Å². The lowest BCUT2D eigenvalue weighted by Gasteiger charge is -2.10. The van der Waals surface area contributed by atoms with Crippen molar-refractivity contribution in [2.24, 2.45) is 0 Å². The summed E-state index contributed by atoms with van der Waals surface area (Å²) in [5.74, 6) is -0.395. The summed E-state index contributed by atoms with van der Waals surface area (Å²) in [6.45, 7) is 0. The van der Waals surface area contributed by atoms with E-state index in [1.807, 2.05) is 0 Å². The lowest BCUT2D eigenvalue weighted by atomic mass is 9.76. The molecule has 0 heterocycles. The highest BCUT2D eigenvalue weighted by Crippen LogP contribution is 1.96. The van der Waals surface area contributed by atoms with Crippen molar-refractivity contribution < 1.29 is 23.6 Å². The SMILES string of the molecule is O[B]OB(O[B]O)c1ccc(F)cc1. The summed E-state index contributed by atoms with van der Waals surface area (Å²) in [5.41, 5.74) is 0.460. The van der Waals surface area contributed by atoms with Crippen LogP contribution in [0.3, 0.4) is 0 Å². The molecule has 0 saturated carbocycles. The van der Waals surface area contributed by atoms with Gasteiger partial charge in [0, 0.05) is 0 Å². The summed E-state index contributed by atoms with van der Waals surface area (Å²) in [5, 5.41) is 16.8. The van der Waals surface area contributed by atoms with Crippen LogP contribution in [0.2, 0.25) is 0 Å². The summed E-state index contributed by atoms with van der Waals surface area (Å²) in [6, 6.07) is 5.24. The fourth-order valence-corrected chi connectivity index (χ4v) is 0.920. The molecule has 2 N–H and O–H groups in total. The Balaban J connectivity index is 2.71. The number of hydrogen-bond donors (Lipinski definition) is 2. The van der Waals surface area contributed by atoms with Gasteiger partial charge in [-0.25, -0.2) is 4.39 Å². The van der Waals surface area contributed by atoms with Gasteiger partial charge in [-0.3, -0.25) is 0 Å². The van der Waals surface area contributed by atoms with Crippen molar-refractivity contribution >= 4 is 28.0 Å². The van der Waals surface area contributed by atoms with Crippen LogP contribution in [0, 0.1) is 5.82 Å². The van der Waals surface area contributed by atoms with Gasteiger partial charge in [0.2, 0.25) is 0 Å². The van der Waals surface area contributed by atoms with Gasteiger partial charge in [-0.2, -0.15) is 0 Å². The van der Waals surface area contributed by atoms with Crippen molar-refractivity contribution in [3.63, 3.8) is 0 Å². The summed E-state index contributed by atoms with van der Waals surface area (Å²) >= 11 is 0. The molecule has 4 nitrogen and oxygen atoms in total. The standard InChI is InChI=1S/C6H6B3FO4/c10-6-3-1-5(2-4-6)9(13-7-11)14-8-12/h1-4,11-12H. The molecule has 0 aromatic heterocycles. The fourth-order valence-electron chi connectivity index (χ4n) is 0.920. The zero-order valence-corrected chi connectivity index (χ0v) is 7.13. The van der Waals surface area contributed by atoms with Crippen LogP contribution in [0.4, 0.5) is 4.39 Å². The minimum absolute atomic E-state index is 0.395. The van der Waals surface area contributed by atoms with Crippen molar-refractivity contribution in [1.82, 2.24) is 0 Å². The number of halogens is 1. The third-order valence-electron chi connectivity index (χ3n) is 1.51. The van der Waals surface area contributed by atoms with Gasteiger partial charge in [-0.05, 0) is 17.6 Å². The first kappa shape index (κ1) is 11.3. The summed E-state index contributed by atoms with van der Waals surface area (Å²) < 4.78 is 21.7. The molecule has 0 unspecified atom stereocenters. The molecule has 0 atom stereocenters. The van der Waals surface area contributed by atoms with E-state index in [-0.39, 0.29) is 0 Å². The van der Waals surface area contributed by atoms with E-state index >= 15 is 0 Å². The molecule has 0 spiro atoms. The Hall–Kier alpha value is -0.815. The molecule has 70 valence electrons. The smallest absolute Gasteiger partial charge is 0.450 e. The molecule has 0 fully saturated rings. The Morgan fingerprint density at radius 1 is 1.07 bits per heavy atom. The highest BCUT2D eigenvalue weighted by atomic mass is 19.1. The molecule has 0 bridgehead atoms. The van der Waals surface area contributed by atoms with Crippen LogP contribution < -0.4 is 5.46 Å². The van der Waals surface area contributed by atoms with Gasteiger partial charge in [-0.15, -0.1) is 0 Å². The molecule has 14 heavy (non-hydrogen) atoms. The first-order valence-corrected chi connectivity index (χ1v) is 3.76. The van der Waals surface area contributed by atoms with Gasteiger partial charge in [0.25, 0.3) is 0 Å². The Morgan fingerprint density at radius 2 is 1.57 bits per heavy atom. The second-order valence-electron chi connectivity index (χ2n) is 2.37. The number of rotatable bonds is 5. The van der Waals surface area contributed by atoms with E-state index in [4.69, 9.17) is 10.0 Å². The number of hydrogen-bond acceptors (Lipinski definition) is 4. The van der Waals surface area contributed by atoms with E-state index in [0.717, 1.165) is 0 Å². The second-order valence-corrected chi connectivity index (χ2v) is 2.37. The first-order chi connectivity index (χ1) is 6.77. The number of benzene rings is 1. The van der Waals surface area contributed by atoms with Crippen LogP contribution in [-0.2, 0) is 9.14 Å². The molecule has 0 saturated heterocycles. The summed E-state index contributed by atoms with van der Waals surface area (Å²) in [4.78, 5) is 0. The Kier molecular flexibility index (Phi) is 4.68. The van der Waals surface area contributed by atoms with E-state index in [1.54, 1.807) is 0 Å². The van der Waals surface area contributed by atoms with Crippen LogP contribution in [0.25, 0.3) is 0 Å². The molecule has 0 aliphatic rings. The Bertz CT molecular complexity index is 264. The monoisotopic (exact) mass is 194 g/mol. The Morgan fingerprint density at radius 3 is 2.00 bits per heavy atom. The fraction of sp³-hybridized carbons (Fsp3) is 0. The van der Waals surface area contributed by atoms with Crippen molar-refractivity contribution in [2.75, 3.05) is 0 Å². The summed E-state index contributed by atoms with van der Waals surface area (Å²) in [6.07, 6.45) is 0. The molecule has 0 aliphatic carbocycles. The van der Waals surface area contributed by atoms with E-state index in [1.165, 1.54) is 24.3 Å². The minimum Gasteiger partial charge on any atom is -0.450 e. The average Bonchev–Trinajstić information content (AvgIpc) is 2.19. The Labute approximate surface area is 82.4 Å². The zero-order valence-electron chi connectivity index (χ0n) is 7.13. The third-order valence-corrected chi connectivity index (χ3v) is 1.51. The zero-order chi connectivity index (χ0) is 10.4. The minimum atomic E-state index is -0.995. The van der Waals surface area contributed by atoms with Crippen LogP contribution in [-0.4, -0.2) is 32.5 Å². The van der Waals surface area contributed by atoms with Crippen molar-refractivity contribution in [1.29, 1.82) is 0 Å². The van der Waals surface area contributed by atoms with Crippen molar-refractivity contribution in [3.8, 4) is 0 Å². The first-order valence-electron chi connectivity index (χ1n) is 3.76. The molecule has 1 aromatic rings. The predicted octanol–water partition coefficient (Wildman–Crippen LogP) is -1.39. The maximum atomic E-state index is 12.5. The van der Waals surface area contributed by atoms with E-state index in [0.29, 0.717) is 20.8 Å². The van der Waals surface area contributed by atoms with E-state index in [2.05, 4.69) is 9.14 Å². The van der Waals surface area contributed by atoms with E-state index in [9.17, 15) is 4.39 Å². The highest BCUT2D eigenvalue weighted by Gasteiger charge is 2.20. The lowest BCUT2D eigenvalue weighted by molar-refractivity contribution is 0.376. The largest absolute Gasteiger partial charge is 0.470 e. The quantitative estimate of drug-likeness (QED) is 0.566. The van der Waals surface area contributed by atoms with Crippen LogP contribution in [0.1, 0.15) is 0 Å². The van der Waals surface area contributed by atoms with Crippen molar-refractivity contribution in [3.05, 3.63) is 30.1 Å². The molecule has 0 amide bonds. The molecular formula is C6H6B3FO4. The lowest BCUT2D eigenvalue weighted by Crippen LogP contribution is -2.39. The molecule has 1 rings (SSSR count). The predicted molar refractivity (Wildman–Crippen MR) is 49.9 cm³/mol. The molecular weight excluding hydrogens is 187 g/mol. The van der Waals surface area contributed by atoms with Gasteiger partial charge >= 0.3 is 22.5 Å². The van der Waals surface area contributed by atoms with Gasteiger partial charge in [0.15, 0.2) is 0 Å². The maximum Gasteiger partial charge on any atom is 0.470 e. The average molecular weight is 194 g/mol. The molecule has 2 radical (unpaired) electrons. The second kappa shape index (κ2) is 5.82.